The molecule has 0 aliphatic carbocycles. The first-order chi connectivity index (χ1) is 8.58. The van der Waals surface area contributed by atoms with Crippen LogP contribution in [-0.2, 0) is 11.3 Å². The molecule has 1 N–H and O–H groups in total. The van der Waals surface area contributed by atoms with Crippen LogP contribution >= 0.6 is 27.3 Å². The third-order valence-corrected chi connectivity index (χ3v) is 5.10. The summed E-state index contributed by atoms with van der Waals surface area (Å²) < 4.78 is 1.15. The number of halogens is 1. The molecule has 3 nitrogen and oxygen atoms in total. The van der Waals surface area contributed by atoms with E-state index in [1.54, 1.807) is 11.3 Å². The minimum atomic E-state index is -0.146. The number of rotatable bonds is 4. The molecule has 2 aromatic rings. The normalized spacial score (nSPS) is 12.9. The fourth-order valence-corrected chi connectivity index (χ4v) is 2.63. The average molecular weight is 327 g/mol. The van der Waals surface area contributed by atoms with Crippen LogP contribution in [0.5, 0.6) is 0 Å². The summed E-state index contributed by atoms with van der Waals surface area (Å²) in [6, 6.07) is 7.99. The molecule has 18 heavy (non-hydrogen) atoms. The largest absolute Gasteiger partial charge is 0.349 e. The van der Waals surface area contributed by atoms with Crippen molar-refractivity contribution < 1.29 is 4.79 Å². The molecule has 0 aliphatic rings. The number of nitrogens with zero attached hydrogens (tertiary/aromatic N) is 1. The molecule has 1 unspecified atom stereocenters. The Morgan fingerprint density at radius 1 is 1.44 bits per heavy atom. The van der Waals surface area contributed by atoms with E-state index in [9.17, 15) is 4.79 Å². The lowest BCUT2D eigenvalue weighted by atomic mass is 10.1. The van der Waals surface area contributed by atoms with Gasteiger partial charge in [0.1, 0.15) is 5.01 Å². The van der Waals surface area contributed by atoms with E-state index in [0.29, 0.717) is 6.54 Å². The van der Waals surface area contributed by atoms with Crippen molar-refractivity contribution in [3.63, 3.8) is 0 Å². The SMILES string of the molecule is CC(C)C(Br)C(=O)NCc1nc2ccccc2s1. The molecule has 1 heterocycles. The number of thiazole rings is 1. The monoisotopic (exact) mass is 326 g/mol. The van der Waals surface area contributed by atoms with Crippen molar-refractivity contribution in [1.29, 1.82) is 0 Å². The maximum Gasteiger partial charge on any atom is 0.234 e. The lowest BCUT2D eigenvalue weighted by Crippen LogP contribution is -2.33. The van der Waals surface area contributed by atoms with Crippen molar-refractivity contribution in [1.82, 2.24) is 10.3 Å². The van der Waals surface area contributed by atoms with Gasteiger partial charge in [-0.3, -0.25) is 4.79 Å². The predicted molar refractivity (Wildman–Crippen MR) is 79.0 cm³/mol. The van der Waals surface area contributed by atoms with Crippen LogP contribution in [0.25, 0.3) is 10.2 Å². The Kier molecular flexibility index (Phi) is 4.35. The topological polar surface area (TPSA) is 42.0 Å². The van der Waals surface area contributed by atoms with Gasteiger partial charge in [-0.1, -0.05) is 41.9 Å². The van der Waals surface area contributed by atoms with Gasteiger partial charge in [-0.05, 0) is 18.1 Å². The number of para-hydroxylation sites is 1. The van der Waals surface area contributed by atoms with Gasteiger partial charge in [-0.25, -0.2) is 4.98 Å². The first kappa shape index (κ1) is 13.5. The minimum Gasteiger partial charge on any atom is -0.349 e. The van der Waals surface area contributed by atoms with Crippen molar-refractivity contribution in [3.05, 3.63) is 29.3 Å². The van der Waals surface area contributed by atoms with E-state index in [2.05, 4.69) is 26.2 Å². The van der Waals surface area contributed by atoms with Crippen molar-refractivity contribution in [2.24, 2.45) is 5.92 Å². The van der Waals surface area contributed by atoms with E-state index >= 15 is 0 Å². The van der Waals surface area contributed by atoms with Gasteiger partial charge in [0.15, 0.2) is 0 Å². The Bertz CT molecular complexity index is 520. The third kappa shape index (κ3) is 3.09. The van der Waals surface area contributed by atoms with E-state index < -0.39 is 0 Å². The lowest BCUT2D eigenvalue weighted by Gasteiger charge is -2.12. The number of carbonyl (C=O) groups excluding carboxylic acids is 1. The molecule has 0 radical (unpaired) electrons. The second-order valence-electron chi connectivity index (χ2n) is 4.44. The molecule has 1 atom stereocenters. The van der Waals surface area contributed by atoms with E-state index in [1.807, 2.05) is 38.1 Å². The van der Waals surface area contributed by atoms with Gasteiger partial charge in [-0.15, -0.1) is 11.3 Å². The maximum absolute atomic E-state index is 11.8. The van der Waals surface area contributed by atoms with Crippen LogP contribution < -0.4 is 5.32 Å². The molecule has 1 aromatic heterocycles. The number of carbonyl (C=O) groups is 1. The zero-order valence-corrected chi connectivity index (χ0v) is 12.7. The molecule has 0 spiro atoms. The molecule has 96 valence electrons. The average Bonchev–Trinajstić information content (AvgIpc) is 2.77. The summed E-state index contributed by atoms with van der Waals surface area (Å²) in [6.07, 6.45) is 0. The molecular weight excluding hydrogens is 312 g/mol. The van der Waals surface area contributed by atoms with E-state index in [-0.39, 0.29) is 16.7 Å². The van der Waals surface area contributed by atoms with Gasteiger partial charge in [0, 0.05) is 0 Å². The van der Waals surface area contributed by atoms with Crippen LogP contribution in [-0.4, -0.2) is 15.7 Å². The Labute approximate surface area is 119 Å². The summed E-state index contributed by atoms with van der Waals surface area (Å²) in [5.74, 6) is 0.296. The summed E-state index contributed by atoms with van der Waals surface area (Å²) >= 11 is 5.00. The van der Waals surface area contributed by atoms with E-state index in [4.69, 9.17) is 0 Å². The Morgan fingerprint density at radius 3 is 2.83 bits per heavy atom. The number of hydrogen-bond acceptors (Lipinski definition) is 3. The third-order valence-electron chi connectivity index (χ3n) is 2.59. The zero-order valence-electron chi connectivity index (χ0n) is 10.3. The second-order valence-corrected chi connectivity index (χ2v) is 6.54. The number of benzene rings is 1. The highest BCUT2D eigenvalue weighted by Gasteiger charge is 2.18. The van der Waals surface area contributed by atoms with Crippen LogP contribution in [0, 0.1) is 5.92 Å². The Morgan fingerprint density at radius 2 is 2.17 bits per heavy atom. The number of amides is 1. The van der Waals surface area contributed by atoms with Gasteiger partial charge < -0.3 is 5.32 Å². The van der Waals surface area contributed by atoms with E-state index in [1.165, 1.54) is 0 Å². The van der Waals surface area contributed by atoms with Crippen LogP contribution in [0.4, 0.5) is 0 Å². The summed E-state index contributed by atoms with van der Waals surface area (Å²) in [6.45, 7) is 4.51. The molecular formula is C13H15BrN2OS. The molecule has 0 fully saturated rings. The molecule has 5 heteroatoms. The standard InChI is InChI=1S/C13H15BrN2OS/c1-8(2)12(14)13(17)15-7-11-16-9-5-3-4-6-10(9)18-11/h3-6,8,12H,7H2,1-2H3,(H,15,17). The number of alkyl halides is 1. The summed E-state index contributed by atoms with van der Waals surface area (Å²) in [4.78, 5) is 16.1. The molecule has 2 rings (SSSR count). The van der Waals surface area contributed by atoms with Gasteiger partial charge in [0.05, 0.1) is 21.6 Å². The van der Waals surface area contributed by atoms with Crippen molar-refractivity contribution in [2.45, 2.75) is 25.2 Å². The fourth-order valence-electron chi connectivity index (χ4n) is 1.56. The second kappa shape index (κ2) is 5.80. The van der Waals surface area contributed by atoms with Crippen molar-refractivity contribution >= 4 is 43.4 Å². The number of hydrogen-bond donors (Lipinski definition) is 1. The van der Waals surface area contributed by atoms with Gasteiger partial charge in [0.2, 0.25) is 5.91 Å². The number of nitrogens with one attached hydrogen (secondary N) is 1. The van der Waals surface area contributed by atoms with Crippen LogP contribution in [0.3, 0.4) is 0 Å². The zero-order chi connectivity index (χ0) is 13.1. The first-order valence-corrected chi connectivity index (χ1v) is 7.57. The number of fused-ring (bicyclic) bond motifs is 1. The summed E-state index contributed by atoms with van der Waals surface area (Å²) in [7, 11) is 0. The van der Waals surface area contributed by atoms with E-state index in [0.717, 1.165) is 15.2 Å². The molecule has 1 amide bonds. The summed E-state index contributed by atoms with van der Waals surface area (Å²) in [5, 5.41) is 3.84. The van der Waals surface area contributed by atoms with Crippen LogP contribution in [0.1, 0.15) is 18.9 Å². The quantitative estimate of drug-likeness (QED) is 0.875. The lowest BCUT2D eigenvalue weighted by molar-refractivity contribution is -0.121. The van der Waals surface area contributed by atoms with Gasteiger partial charge in [-0.2, -0.15) is 0 Å². The Balaban J connectivity index is 2.00. The molecule has 0 aliphatic heterocycles. The minimum absolute atomic E-state index is 0.0178. The van der Waals surface area contributed by atoms with Gasteiger partial charge in [0.25, 0.3) is 0 Å². The summed E-state index contributed by atoms with van der Waals surface area (Å²) in [5.41, 5.74) is 0.992. The van der Waals surface area contributed by atoms with Crippen LogP contribution in [0.15, 0.2) is 24.3 Å². The molecule has 0 saturated heterocycles. The molecule has 1 aromatic carbocycles. The molecule has 0 saturated carbocycles. The fraction of sp³-hybridized carbons (Fsp3) is 0.385. The molecule has 0 bridgehead atoms. The highest BCUT2D eigenvalue weighted by atomic mass is 79.9. The highest BCUT2D eigenvalue weighted by Crippen LogP contribution is 2.21. The number of aromatic nitrogens is 1. The predicted octanol–water partition coefficient (Wildman–Crippen LogP) is 3.33. The first-order valence-electron chi connectivity index (χ1n) is 5.84. The van der Waals surface area contributed by atoms with Crippen molar-refractivity contribution in [2.75, 3.05) is 0 Å². The van der Waals surface area contributed by atoms with Crippen LogP contribution in [0.2, 0.25) is 0 Å². The van der Waals surface area contributed by atoms with Crippen molar-refractivity contribution in [3.8, 4) is 0 Å². The Hall–Kier alpha value is -0.940. The highest BCUT2D eigenvalue weighted by molar-refractivity contribution is 9.10. The maximum atomic E-state index is 11.8. The smallest absolute Gasteiger partial charge is 0.234 e. The van der Waals surface area contributed by atoms with Gasteiger partial charge >= 0.3 is 0 Å².